The average molecular weight is 243 g/mol. The van der Waals surface area contributed by atoms with E-state index < -0.39 is 11.6 Å². The summed E-state index contributed by atoms with van der Waals surface area (Å²) < 4.78 is 0. The van der Waals surface area contributed by atoms with E-state index in [0.717, 1.165) is 45.3 Å². The van der Waals surface area contributed by atoms with Gasteiger partial charge in [-0.25, -0.2) is 0 Å². The molecule has 1 saturated heterocycles. The second-order valence-electron chi connectivity index (χ2n) is 5.25. The standard InChI is InChI=1S/C13H25NO3/c1-3-13(17,4-2)10-14-7-5-11(6-8-14)9-12(15)16/h11,17H,3-10H2,1-2H3,(H,15,16). The molecular formula is C13H25NO3. The van der Waals surface area contributed by atoms with E-state index >= 15 is 0 Å². The maximum atomic E-state index is 10.6. The smallest absolute Gasteiger partial charge is 0.303 e. The molecule has 1 rings (SSSR count). The molecule has 17 heavy (non-hydrogen) atoms. The molecule has 0 unspecified atom stereocenters. The van der Waals surface area contributed by atoms with Crippen molar-refractivity contribution in [3.05, 3.63) is 0 Å². The van der Waals surface area contributed by atoms with Crippen molar-refractivity contribution in [1.82, 2.24) is 4.90 Å². The average Bonchev–Trinajstić information content (AvgIpc) is 2.31. The molecule has 0 atom stereocenters. The zero-order chi connectivity index (χ0) is 12.9. The molecule has 4 nitrogen and oxygen atoms in total. The number of β-amino-alcohol motifs (C(OH)–C–C–N with tert-alkyl or cyclic N) is 1. The van der Waals surface area contributed by atoms with E-state index in [2.05, 4.69) is 4.90 Å². The van der Waals surface area contributed by atoms with Crippen molar-refractivity contribution in [1.29, 1.82) is 0 Å². The van der Waals surface area contributed by atoms with Crippen molar-refractivity contribution >= 4 is 5.97 Å². The third kappa shape index (κ3) is 4.64. The zero-order valence-electron chi connectivity index (χ0n) is 11.0. The summed E-state index contributed by atoms with van der Waals surface area (Å²) in [5.41, 5.74) is -0.570. The first-order chi connectivity index (χ1) is 7.99. The molecule has 1 aliphatic heterocycles. The van der Waals surface area contributed by atoms with E-state index in [1.54, 1.807) is 0 Å². The molecule has 0 spiro atoms. The minimum atomic E-state index is -0.693. The molecule has 0 amide bonds. The van der Waals surface area contributed by atoms with Gasteiger partial charge in [-0.2, -0.15) is 0 Å². The van der Waals surface area contributed by atoms with Gasteiger partial charge in [-0.15, -0.1) is 0 Å². The van der Waals surface area contributed by atoms with Crippen LogP contribution in [0.1, 0.15) is 46.0 Å². The molecule has 0 radical (unpaired) electrons. The molecule has 1 fully saturated rings. The number of carboxylic acid groups (broad SMARTS) is 1. The third-order valence-electron chi connectivity index (χ3n) is 4.00. The number of piperidine rings is 1. The van der Waals surface area contributed by atoms with Gasteiger partial charge in [0.2, 0.25) is 0 Å². The largest absolute Gasteiger partial charge is 0.481 e. The summed E-state index contributed by atoms with van der Waals surface area (Å²) in [6.45, 7) is 6.58. The van der Waals surface area contributed by atoms with Crippen molar-refractivity contribution in [2.24, 2.45) is 5.92 Å². The Morgan fingerprint density at radius 2 is 1.82 bits per heavy atom. The molecule has 0 aromatic heterocycles. The lowest BCUT2D eigenvalue weighted by Gasteiger charge is -2.37. The fourth-order valence-corrected chi connectivity index (χ4v) is 2.49. The lowest BCUT2D eigenvalue weighted by Crippen LogP contribution is -2.45. The minimum Gasteiger partial charge on any atom is -0.481 e. The third-order valence-corrected chi connectivity index (χ3v) is 4.00. The molecule has 0 aromatic rings. The Kier molecular flexibility index (Phi) is 5.40. The number of nitrogens with zero attached hydrogens (tertiary/aromatic N) is 1. The Morgan fingerprint density at radius 1 is 1.29 bits per heavy atom. The number of rotatable bonds is 6. The van der Waals surface area contributed by atoms with Crippen molar-refractivity contribution in [2.45, 2.75) is 51.6 Å². The van der Waals surface area contributed by atoms with Crippen LogP contribution in [0.4, 0.5) is 0 Å². The van der Waals surface area contributed by atoms with Crippen molar-refractivity contribution in [3.63, 3.8) is 0 Å². The number of aliphatic hydroxyl groups is 1. The molecule has 1 heterocycles. The summed E-state index contributed by atoms with van der Waals surface area (Å²) >= 11 is 0. The van der Waals surface area contributed by atoms with Gasteiger partial charge in [-0.1, -0.05) is 13.8 Å². The Balaban J connectivity index is 2.34. The molecular weight excluding hydrogens is 218 g/mol. The van der Waals surface area contributed by atoms with Crippen LogP contribution in [-0.2, 0) is 4.79 Å². The maximum Gasteiger partial charge on any atom is 0.303 e. The first-order valence-corrected chi connectivity index (χ1v) is 6.65. The normalized spacial score (nSPS) is 19.5. The van der Waals surface area contributed by atoms with E-state index in [1.807, 2.05) is 13.8 Å². The van der Waals surface area contributed by atoms with E-state index in [-0.39, 0.29) is 0 Å². The highest BCUT2D eigenvalue weighted by Crippen LogP contribution is 2.23. The predicted octanol–water partition coefficient (Wildman–Crippen LogP) is 1.72. The van der Waals surface area contributed by atoms with Crippen LogP contribution in [0.2, 0.25) is 0 Å². The summed E-state index contributed by atoms with van der Waals surface area (Å²) in [4.78, 5) is 12.9. The highest BCUT2D eigenvalue weighted by Gasteiger charge is 2.28. The van der Waals surface area contributed by atoms with Crippen LogP contribution in [0.15, 0.2) is 0 Å². The van der Waals surface area contributed by atoms with E-state index in [9.17, 15) is 9.90 Å². The van der Waals surface area contributed by atoms with Gasteiger partial charge in [-0.05, 0) is 44.7 Å². The number of hydrogen-bond acceptors (Lipinski definition) is 3. The van der Waals surface area contributed by atoms with Gasteiger partial charge in [0.1, 0.15) is 0 Å². The number of likely N-dealkylation sites (tertiary alicyclic amines) is 1. The molecule has 0 bridgehead atoms. The number of carboxylic acids is 1. The van der Waals surface area contributed by atoms with Gasteiger partial charge < -0.3 is 15.1 Å². The Bertz CT molecular complexity index is 243. The van der Waals surface area contributed by atoms with Gasteiger partial charge >= 0.3 is 5.97 Å². The summed E-state index contributed by atoms with van der Waals surface area (Å²) in [6, 6.07) is 0. The summed E-state index contributed by atoms with van der Waals surface area (Å²) in [5.74, 6) is -0.373. The van der Waals surface area contributed by atoms with E-state index in [4.69, 9.17) is 5.11 Å². The van der Waals surface area contributed by atoms with Gasteiger partial charge in [0.25, 0.3) is 0 Å². The van der Waals surface area contributed by atoms with Crippen LogP contribution < -0.4 is 0 Å². The maximum absolute atomic E-state index is 10.6. The highest BCUT2D eigenvalue weighted by atomic mass is 16.4. The zero-order valence-corrected chi connectivity index (χ0v) is 11.0. The van der Waals surface area contributed by atoms with Crippen LogP contribution in [0.25, 0.3) is 0 Å². The molecule has 0 saturated carbocycles. The topological polar surface area (TPSA) is 60.8 Å². The van der Waals surface area contributed by atoms with Crippen LogP contribution in [0, 0.1) is 5.92 Å². The molecule has 0 aromatic carbocycles. The quantitative estimate of drug-likeness (QED) is 0.746. The first-order valence-electron chi connectivity index (χ1n) is 6.65. The summed E-state index contributed by atoms with van der Waals surface area (Å²) in [5, 5.41) is 19.0. The molecule has 0 aliphatic carbocycles. The lowest BCUT2D eigenvalue weighted by atomic mass is 9.91. The number of hydrogen-bond donors (Lipinski definition) is 2. The Hall–Kier alpha value is -0.610. The second-order valence-corrected chi connectivity index (χ2v) is 5.25. The Morgan fingerprint density at radius 3 is 2.24 bits per heavy atom. The number of aliphatic carboxylic acids is 1. The van der Waals surface area contributed by atoms with Crippen molar-refractivity contribution in [2.75, 3.05) is 19.6 Å². The Labute approximate surface area is 104 Å². The molecule has 100 valence electrons. The molecule has 4 heteroatoms. The van der Waals surface area contributed by atoms with Gasteiger partial charge in [0, 0.05) is 13.0 Å². The van der Waals surface area contributed by atoms with E-state index in [1.165, 1.54) is 0 Å². The van der Waals surface area contributed by atoms with E-state index in [0.29, 0.717) is 12.3 Å². The fourth-order valence-electron chi connectivity index (χ4n) is 2.49. The van der Waals surface area contributed by atoms with Crippen LogP contribution >= 0.6 is 0 Å². The fraction of sp³-hybridized carbons (Fsp3) is 0.923. The van der Waals surface area contributed by atoms with Crippen LogP contribution in [0.5, 0.6) is 0 Å². The summed E-state index contributed by atoms with van der Waals surface area (Å²) in [7, 11) is 0. The summed E-state index contributed by atoms with van der Waals surface area (Å²) in [6.07, 6.45) is 3.72. The van der Waals surface area contributed by atoms with Crippen molar-refractivity contribution in [3.8, 4) is 0 Å². The van der Waals surface area contributed by atoms with Gasteiger partial charge in [-0.3, -0.25) is 4.79 Å². The SMILES string of the molecule is CCC(O)(CC)CN1CCC(CC(=O)O)CC1. The lowest BCUT2D eigenvalue weighted by molar-refractivity contribution is -0.138. The second kappa shape index (κ2) is 6.36. The predicted molar refractivity (Wildman–Crippen MR) is 66.9 cm³/mol. The molecule has 1 aliphatic rings. The van der Waals surface area contributed by atoms with Gasteiger partial charge in [0.15, 0.2) is 0 Å². The van der Waals surface area contributed by atoms with Crippen LogP contribution in [0.3, 0.4) is 0 Å². The highest BCUT2D eigenvalue weighted by molar-refractivity contribution is 5.67. The minimum absolute atomic E-state index is 0.291. The molecule has 2 N–H and O–H groups in total. The van der Waals surface area contributed by atoms with Crippen molar-refractivity contribution < 1.29 is 15.0 Å². The van der Waals surface area contributed by atoms with Gasteiger partial charge in [0.05, 0.1) is 5.60 Å². The first kappa shape index (κ1) is 14.5. The van der Waals surface area contributed by atoms with Crippen LogP contribution in [-0.4, -0.2) is 46.3 Å². The number of carbonyl (C=O) groups is 1. The monoisotopic (exact) mass is 243 g/mol.